The van der Waals surface area contributed by atoms with E-state index in [1.807, 2.05) is 6.92 Å². The average Bonchev–Trinajstić information content (AvgIpc) is 3.04. The lowest BCUT2D eigenvalue weighted by Gasteiger charge is -2.19. The van der Waals surface area contributed by atoms with Crippen molar-refractivity contribution in [3.63, 3.8) is 0 Å². The van der Waals surface area contributed by atoms with E-state index >= 15 is 0 Å². The molecule has 114 valence electrons. The molecular weight excluding hydrogens is 292 g/mol. The standard InChI is InChI=1S/C13H18N4O3S/c1-9(10-5-7-20-8-10)16-21(18,19)13-12(14)15-11-4-2-3-6-17(11)13/h2-4,6,9-10,16H,5,7-8,14H2,1H3. The predicted octanol–water partition coefficient (Wildman–Crippen LogP) is 0.620. The predicted molar refractivity (Wildman–Crippen MR) is 78.3 cm³/mol. The first-order chi connectivity index (χ1) is 9.99. The number of pyridine rings is 1. The zero-order valence-electron chi connectivity index (χ0n) is 11.7. The number of nitrogens with one attached hydrogen (secondary N) is 1. The summed E-state index contributed by atoms with van der Waals surface area (Å²) in [6.45, 7) is 3.09. The molecular formula is C13H18N4O3S. The smallest absolute Gasteiger partial charge is 0.260 e. The minimum Gasteiger partial charge on any atom is -0.381 e. The molecule has 3 rings (SSSR count). The minimum absolute atomic E-state index is 0.00331. The summed E-state index contributed by atoms with van der Waals surface area (Å²) in [5.74, 6) is 0.184. The first kappa shape index (κ1) is 14.3. The number of sulfonamides is 1. The fourth-order valence-corrected chi connectivity index (χ4v) is 4.13. The number of nitrogens with two attached hydrogens (primary N) is 1. The van der Waals surface area contributed by atoms with Crippen molar-refractivity contribution in [2.45, 2.75) is 24.4 Å². The number of aromatic nitrogens is 2. The lowest BCUT2D eigenvalue weighted by Crippen LogP contribution is -2.39. The highest BCUT2D eigenvalue weighted by atomic mass is 32.2. The summed E-state index contributed by atoms with van der Waals surface area (Å²) < 4.78 is 34.7. The zero-order chi connectivity index (χ0) is 15.0. The van der Waals surface area contributed by atoms with E-state index in [-0.39, 0.29) is 22.8 Å². The van der Waals surface area contributed by atoms with Crippen molar-refractivity contribution >= 4 is 21.5 Å². The molecule has 0 saturated carbocycles. The van der Waals surface area contributed by atoms with Gasteiger partial charge in [0.05, 0.1) is 6.61 Å². The Bertz CT molecular complexity index is 750. The van der Waals surface area contributed by atoms with Crippen LogP contribution in [0.15, 0.2) is 29.4 Å². The number of hydrogen-bond acceptors (Lipinski definition) is 5. The maximum Gasteiger partial charge on any atom is 0.260 e. The first-order valence-corrected chi connectivity index (χ1v) is 8.30. The van der Waals surface area contributed by atoms with Gasteiger partial charge in [-0.05, 0) is 25.5 Å². The Morgan fingerprint density at radius 2 is 2.33 bits per heavy atom. The maximum atomic E-state index is 12.6. The fourth-order valence-electron chi connectivity index (χ4n) is 2.60. The van der Waals surface area contributed by atoms with Crippen LogP contribution in [0.2, 0.25) is 0 Å². The van der Waals surface area contributed by atoms with E-state index in [2.05, 4.69) is 9.71 Å². The highest BCUT2D eigenvalue weighted by Gasteiger charge is 2.30. The van der Waals surface area contributed by atoms with Gasteiger partial charge in [-0.1, -0.05) is 6.07 Å². The van der Waals surface area contributed by atoms with Gasteiger partial charge in [-0.15, -0.1) is 0 Å². The van der Waals surface area contributed by atoms with Crippen LogP contribution in [0.25, 0.3) is 5.65 Å². The van der Waals surface area contributed by atoms with Crippen molar-refractivity contribution in [2.75, 3.05) is 18.9 Å². The Hall–Kier alpha value is -1.64. The summed E-state index contributed by atoms with van der Waals surface area (Å²) in [7, 11) is -3.74. The van der Waals surface area contributed by atoms with Gasteiger partial charge in [0.15, 0.2) is 10.8 Å². The van der Waals surface area contributed by atoms with E-state index in [0.29, 0.717) is 18.9 Å². The lowest BCUT2D eigenvalue weighted by atomic mass is 10.0. The number of nitrogen functional groups attached to an aromatic ring is 1. The minimum atomic E-state index is -3.74. The number of nitrogens with zero attached hydrogens (tertiary/aromatic N) is 2. The number of hydrogen-bond donors (Lipinski definition) is 2. The van der Waals surface area contributed by atoms with Crippen LogP contribution in [0.4, 0.5) is 5.82 Å². The number of ether oxygens (including phenoxy) is 1. The van der Waals surface area contributed by atoms with Crippen molar-refractivity contribution < 1.29 is 13.2 Å². The molecule has 0 aliphatic carbocycles. The molecule has 2 aromatic rings. The molecule has 0 spiro atoms. The molecule has 1 saturated heterocycles. The van der Waals surface area contributed by atoms with Gasteiger partial charge in [0.2, 0.25) is 0 Å². The maximum absolute atomic E-state index is 12.6. The molecule has 1 aliphatic heterocycles. The van der Waals surface area contributed by atoms with Crippen LogP contribution >= 0.6 is 0 Å². The van der Waals surface area contributed by atoms with Gasteiger partial charge in [0.1, 0.15) is 5.65 Å². The van der Waals surface area contributed by atoms with E-state index in [4.69, 9.17) is 10.5 Å². The van der Waals surface area contributed by atoms with E-state index in [9.17, 15) is 8.42 Å². The Labute approximate surface area is 123 Å². The number of anilines is 1. The molecule has 2 unspecified atom stereocenters. The summed E-state index contributed by atoms with van der Waals surface area (Å²) in [6, 6.07) is 5.01. The van der Waals surface area contributed by atoms with E-state index in [0.717, 1.165) is 6.42 Å². The third-order valence-corrected chi connectivity index (χ3v) is 5.38. The third-order valence-electron chi connectivity index (χ3n) is 3.78. The quantitative estimate of drug-likeness (QED) is 0.862. The van der Waals surface area contributed by atoms with Crippen LogP contribution in [0.5, 0.6) is 0 Å². The molecule has 1 aliphatic rings. The average molecular weight is 310 g/mol. The summed E-state index contributed by atoms with van der Waals surface area (Å²) in [4.78, 5) is 4.08. The van der Waals surface area contributed by atoms with Gasteiger partial charge >= 0.3 is 0 Å². The molecule has 7 nitrogen and oxygen atoms in total. The molecule has 3 N–H and O–H groups in total. The van der Waals surface area contributed by atoms with Crippen molar-refractivity contribution in [1.29, 1.82) is 0 Å². The Morgan fingerprint density at radius 1 is 1.52 bits per heavy atom. The van der Waals surface area contributed by atoms with Crippen LogP contribution in [0.1, 0.15) is 13.3 Å². The van der Waals surface area contributed by atoms with Gasteiger partial charge in [-0.2, -0.15) is 0 Å². The summed E-state index contributed by atoms with van der Waals surface area (Å²) in [5, 5.41) is -0.0103. The first-order valence-electron chi connectivity index (χ1n) is 6.81. The number of rotatable bonds is 4. The van der Waals surface area contributed by atoms with Crippen molar-refractivity contribution in [1.82, 2.24) is 14.1 Å². The largest absolute Gasteiger partial charge is 0.381 e. The summed E-state index contributed by atoms with van der Waals surface area (Å²) in [5.41, 5.74) is 6.30. The fraction of sp³-hybridized carbons (Fsp3) is 0.462. The van der Waals surface area contributed by atoms with Crippen LogP contribution < -0.4 is 10.5 Å². The molecule has 21 heavy (non-hydrogen) atoms. The second kappa shape index (κ2) is 5.28. The second-order valence-corrected chi connectivity index (χ2v) is 6.89. The molecule has 1 fully saturated rings. The molecule has 0 aromatic carbocycles. The summed E-state index contributed by atoms with van der Waals surface area (Å²) >= 11 is 0. The van der Waals surface area contributed by atoms with Crippen molar-refractivity contribution in [2.24, 2.45) is 5.92 Å². The van der Waals surface area contributed by atoms with Crippen LogP contribution in [-0.2, 0) is 14.8 Å². The van der Waals surface area contributed by atoms with Crippen molar-refractivity contribution in [3.05, 3.63) is 24.4 Å². The number of fused-ring (bicyclic) bond motifs is 1. The molecule has 0 radical (unpaired) electrons. The molecule has 0 amide bonds. The summed E-state index contributed by atoms with van der Waals surface area (Å²) in [6.07, 6.45) is 2.49. The third kappa shape index (κ3) is 2.61. The van der Waals surface area contributed by atoms with Gasteiger partial charge in [-0.25, -0.2) is 18.1 Å². The van der Waals surface area contributed by atoms with Crippen molar-refractivity contribution in [3.8, 4) is 0 Å². The Balaban J connectivity index is 1.94. The van der Waals surface area contributed by atoms with Crippen LogP contribution in [0.3, 0.4) is 0 Å². The topological polar surface area (TPSA) is 98.7 Å². The van der Waals surface area contributed by atoms with Gasteiger partial charge in [0, 0.05) is 24.8 Å². The molecule has 2 aromatic heterocycles. The van der Waals surface area contributed by atoms with Gasteiger partial charge in [0.25, 0.3) is 10.0 Å². The lowest BCUT2D eigenvalue weighted by molar-refractivity contribution is 0.180. The van der Waals surface area contributed by atoms with E-state index in [1.54, 1.807) is 24.4 Å². The molecule has 0 bridgehead atoms. The Kier molecular flexibility index (Phi) is 3.60. The monoisotopic (exact) mass is 310 g/mol. The SMILES string of the molecule is CC(NS(=O)(=O)c1c(N)nc2ccccn12)C1CCOC1. The van der Waals surface area contributed by atoms with Crippen LogP contribution in [0, 0.1) is 5.92 Å². The number of imidazole rings is 1. The molecule has 3 heterocycles. The van der Waals surface area contributed by atoms with E-state index in [1.165, 1.54) is 4.40 Å². The highest BCUT2D eigenvalue weighted by Crippen LogP contribution is 2.22. The van der Waals surface area contributed by atoms with E-state index < -0.39 is 10.0 Å². The van der Waals surface area contributed by atoms with Crippen LogP contribution in [-0.4, -0.2) is 37.1 Å². The molecule has 2 atom stereocenters. The highest BCUT2D eigenvalue weighted by molar-refractivity contribution is 7.89. The normalized spacial score (nSPS) is 20.9. The Morgan fingerprint density at radius 3 is 3.05 bits per heavy atom. The van der Waals surface area contributed by atoms with Gasteiger partial charge in [-0.3, -0.25) is 4.40 Å². The van der Waals surface area contributed by atoms with Gasteiger partial charge < -0.3 is 10.5 Å². The zero-order valence-corrected chi connectivity index (χ0v) is 12.5. The molecule has 8 heteroatoms. The second-order valence-electron chi connectivity index (χ2n) is 5.26.